The molecule has 19 heavy (non-hydrogen) atoms. The summed E-state index contributed by atoms with van der Waals surface area (Å²) < 4.78 is 0. The number of rotatable bonds is 3. The lowest BCUT2D eigenvalue weighted by Crippen LogP contribution is -2.40. The summed E-state index contributed by atoms with van der Waals surface area (Å²) >= 11 is 0. The van der Waals surface area contributed by atoms with Gasteiger partial charge in [0.2, 0.25) is 0 Å². The molecule has 100 valence electrons. The van der Waals surface area contributed by atoms with E-state index in [0.29, 0.717) is 0 Å². The van der Waals surface area contributed by atoms with E-state index in [1.54, 1.807) is 0 Å². The molecular weight excluding hydrogens is 230 g/mol. The van der Waals surface area contributed by atoms with E-state index in [2.05, 4.69) is 70.2 Å². The molecule has 0 heterocycles. The summed E-state index contributed by atoms with van der Waals surface area (Å²) in [6.07, 6.45) is 0. The van der Waals surface area contributed by atoms with Crippen LogP contribution in [0.15, 0.2) is 54.6 Å². The molecule has 0 bridgehead atoms. The average molecular weight is 253 g/mol. The van der Waals surface area contributed by atoms with Crippen LogP contribution in [0.1, 0.15) is 38.8 Å². The lowest BCUT2D eigenvalue weighted by atomic mass is 9.61. The van der Waals surface area contributed by atoms with E-state index >= 15 is 0 Å². The molecule has 0 aliphatic heterocycles. The van der Waals surface area contributed by atoms with Crippen molar-refractivity contribution in [3.05, 3.63) is 65.7 Å². The summed E-state index contributed by atoms with van der Waals surface area (Å²) in [6, 6.07) is 18.8. The zero-order valence-electron chi connectivity index (χ0n) is 12.3. The monoisotopic (exact) mass is 253 g/mol. The number of nitrogen functional groups attached to an aromatic ring is 1. The van der Waals surface area contributed by atoms with Crippen molar-refractivity contribution in [2.24, 2.45) is 0 Å². The molecule has 2 rings (SSSR count). The number of para-hydroxylation sites is 1. The van der Waals surface area contributed by atoms with Gasteiger partial charge in [-0.15, -0.1) is 0 Å². The maximum Gasteiger partial charge on any atom is 0.0352 e. The molecule has 0 spiro atoms. The number of hydrogen-bond donors (Lipinski definition) is 1. The molecule has 0 atom stereocenters. The van der Waals surface area contributed by atoms with Crippen molar-refractivity contribution in [2.45, 2.75) is 38.5 Å². The largest absolute Gasteiger partial charge is 0.398 e. The van der Waals surface area contributed by atoms with E-state index in [-0.39, 0.29) is 10.8 Å². The Bertz CT molecular complexity index is 553. The quantitative estimate of drug-likeness (QED) is 0.799. The van der Waals surface area contributed by atoms with Crippen molar-refractivity contribution >= 4 is 5.69 Å². The van der Waals surface area contributed by atoms with E-state index < -0.39 is 0 Å². The van der Waals surface area contributed by atoms with Crippen LogP contribution < -0.4 is 5.73 Å². The van der Waals surface area contributed by atoms with Crippen molar-refractivity contribution < 1.29 is 0 Å². The molecule has 0 amide bonds. The predicted octanol–water partition coefficient (Wildman–Crippen LogP) is 4.52. The topological polar surface area (TPSA) is 26.0 Å². The maximum atomic E-state index is 6.18. The minimum Gasteiger partial charge on any atom is -0.398 e. The van der Waals surface area contributed by atoms with Crippen molar-refractivity contribution in [2.75, 3.05) is 5.73 Å². The number of hydrogen-bond acceptors (Lipinski definition) is 1. The van der Waals surface area contributed by atoms with Gasteiger partial charge in [-0.2, -0.15) is 0 Å². The molecule has 1 nitrogen and oxygen atoms in total. The Balaban J connectivity index is 2.53. The van der Waals surface area contributed by atoms with Gasteiger partial charge in [0, 0.05) is 11.1 Å². The zero-order chi connectivity index (χ0) is 14.1. The summed E-state index contributed by atoms with van der Waals surface area (Å²) in [5.41, 5.74) is 9.56. The predicted molar refractivity (Wildman–Crippen MR) is 83.3 cm³/mol. The minimum atomic E-state index is -0.0420. The Hall–Kier alpha value is -1.76. The summed E-state index contributed by atoms with van der Waals surface area (Å²) in [4.78, 5) is 0. The van der Waals surface area contributed by atoms with Crippen LogP contribution in [0.5, 0.6) is 0 Å². The second-order valence-corrected chi connectivity index (χ2v) is 6.20. The highest BCUT2D eigenvalue weighted by molar-refractivity contribution is 5.52. The fourth-order valence-electron chi connectivity index (χ4n) is 2.62. The van der Waals surface area contributed by atoms with Crippen LogP contribution in [0.2, 0.25) is 0 Å². The Morgan fingerprint density at radius 1 is 0.684 bits per heavy atom. The lowest BCUT2D eigenvalue weighted by molar-refractivity contribution is 0.304. The summed E-state index contributed by atoms with van der Waals surface area (Å²) in [5.74, 6) is 0. The second-order valence-electron chi connectivity index (χ2n) is 6.20. The first kappa shape index (κ1) is 13.7. The van der Waals surface area contributed by atoms with Crippen LogP contribution in [0.4, 0.5) is 5.69 Å². The van der Waals surface area contributed by atoms with Gasteiger partial charge in [0.1, 0.15) is 0 Å². The Kier molecular flexibility index (Phi) is 3.40. The van der Waals surface area contributed by atoms with Crippen molar-refractivity contribution in [1.82, 2.24) is 0 Å². The molecule has 0 unspecified atom stereocenters. The van der Waals surface area contributed by atoms with Gasteiger partial charge in [-0.05, 0) is 22.6 Å². The molecular formula is C18H23N. The normalized spacial score (nSPS) is 12.4. The number of anilines is 1. The third kappa shape index (κ3) is 2.25. The molecule has 2 N–H and O–H groups in total. The molecule has 2 aromatic rings. The van der Waals surface area contributed by atoms with Gasteiger partial charge in [0.05, 0.1) is 0 Å². The Morgan fingerprint density at radius 2 is 1.21 bits per heavy atom. The van der Waals surface area contributed by atoms with E-state index in [0.717, 1.165) is 5.69 Å². The average Bonchev–Trinajstić information content (AvgIpc) is 2.40. The molecule has 0 radical (unpaired) electrons. The molecule has 0 aliphatic rings. The molecule has 0 fully saturated rings. The third-order valence-corrected chi connectivity index (χ3v) is 4.69. The number of benzene rings is 2. The molecule has 0 aromatic heterocycles. The van der Waals surface area contributed by atoms with E-state index in [1.165, 1.54) is 11.1 Å². The smallest absolute Gasteiger partial charge is 0.0352 e. The van der Waals surface area contributed by atoms with Crippen LogP contribution >= 0.6 is 0 Å². The molecule has 0 aliphatic carbocycles. The van der Waals surface area contributed by atoms with Crippen LogP contribution in [-0.4, -0.2) is 0 Å². The lowest BCUT2D eigenvalue weighted by Gasteiger charge is -2.43. The Morgan fingerprint density at radius 3 is 1.79 bits per heavy atom. The van der Waals surface area contributed by atoms with E-state index in [9.17, 15) is 0 Å². The molecule has 2 aromatic carbocycles. The summed E-state index contributed by atoms with van der Waals surface area (Å²) in [6.45, 7) is 9.11. The van der Waals surface area contributed by atoms with Crippen LogP contribution in [0.3, 0.4) is 0 Å². The summed E-state index contributed by atoms with van der Waals surface area (Å²) in [7, 11) is 0. The van der Waals surface area contributed by atoms with Crippen LogP contribution in [-0.2, 0) is 10.8 Å². The minimum absolute atomic E-state index is 0.00370. The molecule has 1 heteroatoms. The fourth-order valence-corrected chi connectivity index (χ4v) is 2.62. The zero-order valence-corrected chi connectivity index (χ0v) is 12.3. The molecule has 0 saturated heterocycles. The van der Waals surface area contributed by atoms with Gasteiger partial charge in [0.25, 0.3) is 0 Å². The van der Waals surface area contributed by atoms with E-state index in [1.807, 2.05) is 12.1 Å². The fraction of sp³-hybridized carbons (Fsp3) is 0.333. The highest BCUT2D eigenvalue weighted by atomic mass is 14.6. The first-order valence-electron chi connectivity index (χ1n) is 6.78. The SMILES string of the molecule is CC(C)(c1ccccc1)C(C)(C)c1ccccc1N. The first-order valence-corrected chi connectivity index (χ1v) is 6.78. The summed E-state index contributed by atoms with van der Waals surface area (Å²) in [5, 5.41) is 0. The van der Waals surface area contributed by atoms with E-state index in [4.69, 9.17) is 5.73 Å². The van der Waals surface area contributed by atoms with Crippen LogP contribution in [0, 0.1) is 0 Å². The number of nitrogens with two attached hydrogens (primary N) is 1. The van der Waals surface area contributed by atoms with Gasteiger partial charge >= 0.3 is 0 Å². The van der Waals surface area contributed by atoms with Crippen molar-refractivity contribution in [3.8, 4) is 0 Å². The van der Waals surface area contributed by atoms with Crippen molar-refractivity contribution in [3.63, 3.8) is 0 Å². The van der Waals surface area contributed by atoms with Gasteiger partial charge in [0.15, 0.2) is 0 Å². The third-order valence-electron chi connectivity index (χ3n) is 4.69. The van der Waals surface area contributed by atoms with Gasteiger partial charge in [-0.3, -0.25) is 0 Å². The highest BCUT2D eigenvalue weighted by Crippen LogP contribution is 2.45. The maximum absolute atomic E-state index is 6.18. The first-order chi connectivity index (χ1) is 8.87. The van der Waals surface area contributed by atoms with Crippen molar-refractivity contribution in [1.29, 1.82) is 0 Å². The second kappa shape index (κ2) is 4.73. The van der Waals surface area contributed by atoms with Crippen LogP contribution in [0.25, 0.3) is 0 Å². The van der Waals surface area contributed by atoms with Gasteiger partial charge in [-0.1, -0.05) is 76.2 Å². The highest BCUT2D eigenvalue weighted by Gasteiger charge is 2.40. The molecule has 0 saturated carbocycles. The van der Waals surface area contributed by atoms with Gasteiger partial charge < -0.3 is 5.73 Å². The standard InChI is InChI=1S/C18H23N/c1-17(2,14-10-6-5-7-11-14)18(3,4)15-12-8-9-13-16(15)19/h5-13H,19H2,1-4H3. The van der Waals surface area contributed by atoms with Gasteiger partial charge in [-0.25, -0.2) is 0 Å². The Labute approximate surface area is 116 Å².